The van der Waals surface area contributed by atoms with E-state index in [0.29, 0.717) is 44.1 Å². The Bertz CT molecular complexity index is 766. The first-order chi connectivity index (χ1) is 14.5. The first-order valence-corrected chi connectivity index (χ1v) is 10.9. The highest BCUT2D eigenvalue weighted by Gasteiger charge is 2.27. The second-order valence-electron chi connectivity index (χ2n) is 8.57. The molecule has 1 fully saturated rings. The van der Waals surface area contributed by atoms with Crippen LogP contribution in [0.25, 0.3) is 0 Å². The number of β-amino-alcohol motifs (C(OH)–C–C–N with tert-alkyl or cyclic N) is 1. The normalized spacial score (nSPS) is 18.3. The van der Waals surface area contributed by atoms with Crippen LogP contribution in [0, 0.1) is 5.92 Å². The number of hydrogen-bond donors (Lipinski definition) is 1. The molecule has 2 aromatic rings. The standard InChI is InChI=1S/C25H34N2O3/c1-20(2)16-27(25(29)22-11-7-4-8-12-22)19-24-18-26(13-14-30-24)17-23(28)15-21-9-5-3-6-10-21/h3-12,20,23-24,28H,13-19H2,1-2H3/t23-,24+/m0/s1. The van der Waals surface area contributed by atoms with Gasteiger partial charge in [0.15, 0.2) is 0 Å². The average Bonchev–Trinajstić information content (AvgIpc) is 2.74. The third-order valence-electron chi connectivity index (χ3n) is 5.32. The van der Waals surface area contributed by atoms with Gasteiger partial charge in [0.05, 0.1) is 18.8 Å². The number of ether oxygens (including phenoxy) is 1. The van der Waals surface area contributed by atoms with E-state index in [4.69, 9.17) is 4.74 Å². The maximum Gasteiger partial charge on any atom is 0.253 e. The molecule has 1 N–H and O–H groups in total. The van der Waals surface area contributed by atoms with Crippen molar-refractivity contribution in [2.75, 3.05) is 39.3 Å². The molecule has 0 aliphatic carbocycles. The minimum Gasteiger partial charge on any atom is -0.391 e. The lowest BCUT2D eigenvalue weighted by molar-refractivity contribution is -0.0510. The van der Waals surface area contributed by atoms with Crippen molar-refractivity contribution in [1.29, 1.82) is 0 Å². The van der Waals surface area contributed by atoms with Crippen LogP contribution in [0.2, 0.25) is 0 Å². The highest BCUT2D eigenvalue weighted by molar-refractivity contribution is 5.94. The van der Waals surface area contributed by atoms with Crippen LogP contribution in [0.3, 0.4) is 0 Å². The van der Waals surface area contributed by atoms with Crippen molar-refractivity contribution in [2.24, 2.45) is 5.92 Å². The molecule has 0 saturated carbocycles. The first kappa shape index (κ1) is 22.5. The highest BCUT2D eigenvalue weighted by atomic mass is 16.5. The molecule has 0 unspecified atom stereocenters. The summed E-state index contributed by atoms with van der Waals surface area (Å²) in [7, 11) is 0. The van der Waals surface area contributed by atoms with Gasteiger partial charge >= 0.3 is 0 Å². The van der Waals surface area contributed by atoms with Gasteiger partial charge in [-0.2, -0.15) is 0 Å². The molecule has 0 spiro atoms. The summed E-state index contributed by atoms with van der Waals surface area (Å²) in [5.74, 6) is 0.430. The van der Waals surface area contributed by atoms with Gasteiger partial charge in [-0.15, -0.1) is 0 Å². The predicted molar refractivity (Wildman–Crippen MR) is 120 cm³/mol. The second-order valence-corrected chi connectivity index (χ2v) is 8.57. The number of hydrogen-bond acceptors (Lipinski definition) is 4. The molecule has 5 nitrogen and oxygen atoms in total. The predicted octanol–water partition coefficient (Wildman–Crippen LogP) is 3.09. The number of nitrogens with zero attached hydrogens (tertiary/aromatic N) is 2. The van der Waals surface area contributed by atoms with Crippen molar-refractivity contribution in [2.45, 2.75) is 32.5 Å². The Balaban J connectivity index is 1.56. The Morgan fingerprint density at radius 2 is 1.80 bits per heavy atom. The van der Waals surface area contributed by atoms with Crippen LogP contribution >= 0.6 is 0 Å². The summed E-state index contributed by atoms with van der Waals surface area (Å²) < 4.78 is 5.99. The number of morpholine rings is 1. The Morgan fingerprint density at radius 1 is 1.13 bits per heavy atom. The van der Waals surface area contributed by atoms with Crippen LogP contribution in [0.5, 0.6) is 0 Å². The molecule has 1 heterocycles. The largest absolute Gasteiger partial charge is 0.391 e. The summed E-state index contributed by atoms with van der Waals surface area (Å²) in [4.78, 5) is 17.2. The summed E-state index contributed by atoms with van der Waals surface area (Å²) in [6.45, 7) is 8.28. The monoisotopic (exact) mass is 410 g/mol. The van der Waals surface area contributed by atoms with E-state index < -0.39 is 6.10 Å². The minimum atomic E-state index is -0.413. The molecule has 2 aromatic carbocycles. The van der Waals surface area contributed by atoms with Gasteiger partial charge in [-0.25, -0.2) is 0 Å². The number of carbonyl (C=O) groups excluding carboxylic acids is 1. The summed E-state index contributed by atoms with van der Waals surface area (Å²) in [5.41, 5.74) is 1.86. The zero-order valence-corrected chi connectivity index (χ0v) is 18.1. The Kier molecular flexibility index (Phi) is 8.43. The molecule has 5 heteroatoms. The van der Waals surface area contributed by atoms with E-state index in [2.05, 4.69) is 18.7 Å². The molecule has 30 heavy (non-hydrogen) atoms. The van der Waals surface area contributed by atoms with Crippen molar-refractivity contribution in [3.05, 3.63) is 71.8 Å². The first-order valence-electron chi connectivity index (χ1n) is 10.9. The molecular formula is C25H34N2O3. The molecule has 162 valence electrons. The molecular weight excluding hydrogens is 376 g/mol. The van der Waals surface area contributed by atoms with Crippen LogP contribution in [0.1, 0.15) is 29.8 Å². The Labute approximate surface area is 180 Å². The van der Waals surface area contributed by atoms with Gasteiger partial charge < -0.3 is 14.7 Å². The lowest BCUT2D eigenvalue weighted by atomic mass is 10.1. The van der Waals surface area contributed by atoms with E-state index in [0.717, 1.165) is 18.7 Å². The van der Waals surface area contributed by atoms with E-state index in [1.807, 2.05) is 65.6 Å². The molecule has 0 aromatic heterocycles. The molecule has 1 aliphatic heterocycles. The minimum absolute atomic E-state index is 0.0471. The van der Waals surface area contributed by atoms with Crippen LogP contribution in [0.4, 0.5) is 0 Å². The summed E-state index contributed by atoms with van der Waals surface area (Å²) >= 11 is 0. The van der Waals surface area contributed by atoms with E-state index in [1.165, 1.54) is 0 Å². The highest BCUT2D eigenvalue weighted by Crippen LogP contribution is 2.14. The van der Waals surface area contributed by atoms with E-state index in [9.17, 15) is 9.90 Å². The van der Waals surface area contributed by atoms with Gasteiger partial charge in [-0.05, 0) is 30.0 Å². The fraction of sp³-hybridized carbons (Fsp3) is 0.480. The van der Waals surface area contributed by atoms with Crippen molar-refractivity contribution in [1.82, 2.24) is 9.80 Å². The fourth-order valence-electron chi connectivity index (χ4n) is 4.00. The maximum atomic E-state index is 13.0. The molecule has 3 rings (SSSR count). The van der Waals surface area contributed by atoms with Crippen molar-refractivity contribution in [3.63, 3.8) is 0 Å². The number of carbonyl (C=O) groups is 1. The van der Waals surface area contributed by atoms with E-state index in [1.54, 1.807) is 0 Å². The molecule has 1 saturated heterocycles. The average molecular weight is 411 g/mol. The van der Waals surface area contributed by atoms with Crippen molar-refractivity contribution >= 4 is 5.91 Å². The Morgan fingerprint density at radius 3 is 2.47 bits per heavy atom. The lowest BCUT2D eigenvalue weighted by Crippen LogP contribution is -2.51. The van der Waals surface area contributed by atoms with Crippen LogP contribution in [-0.4, -0.2) is 72.4 Å². The Hall–Kier alpha value is -2.21. The third-order valence-corrected chi connectivity index (χ3v) is 5.32. The molecule has 1 amide bonds. The zero-order valence-electron chi connectivity index (χ0n) is 18.1. The van der Waals surface area contributed by atoms with Crippen molar-refractivity contribution < 1.29 is 14.6 Å². The van der Waals surface area contributed by atoms with E-state index >= 15 is 0 Å². The van der Waals surface area contributed by atoms with Crippen LogP contribution in [0.15, 0.2) is 60.7 Å². The molecule has 1 aliphatic rings. The van der Waals surface area contributed by atoms with Gasteiger partial charge in [-0.3, -0.25) is 9.69 Å². The van der Waals surface area contributed by atoms with E-state index in [-0.39, 0.29) is 12.0 Å². The molecule has 0 radical (unpaired) electrons. The smallest absolute Gasteiger partial charge is 0.253 e. The molecule has 2 atom stereocenters. The van der Waals surface area contributed by atoms with Crippen molar-refractivity contribution in [3.8, 4) is 0 Å². The topological polar surface area (TPSA) is 53.0 Å². The number of amides is 1. The quantitative estimate of drug-likeness (QED) is 0.690. The van der Waals surface area contributed by atoms with Gasteiger partial charge in [0, 0.05) is 38.3 Å². The van der Waals surface area contributed by atoms with Gasteiger partial charge in [-0.1, -0.05) is 62.4 Å². The second kappa shape index (κ2) is 11.3. The van der Waals surface area contributed by atoms with Gasteiger partial charge in [0.2, 0.25) is 0 Å². The zero-order chi connectivity index (χ0) is 21.3. The number of rotatable bonds is 9. The number of aliphatic hydroxyl groups is 1. The summed E-state index contributed by atoms with van der Waals surface area (Å²) in [6, 6.07) is 19.5. The summed E-state index contributed by atoms with van der Waals surface area (Å²) in [5, 5.41) is 10.5. The van der Waals surface area contributed by atoms with Crippen LogP contribution in [-0.2, 0) is 11.2 Å². The molecule has 0 bridgehead atoms. The van der Waals surface area contributed by atoms with Gasteiger partial charge in [0.1, 0.15) is 0 Å². The number of aliphatic hydroxyl groups excluding tert-OH is 1. The number of benzene rings is 2. The maximum absolute atomic E-state index is 13.0. The van der Waals surface area contributed by atoms with Crippen LogP contribution < -0.4 is 0 Å². The third kappa shape index (κ3) is 6.94. The SMILES string of the molecule is CC(C)CN(C[C@H]1CN(C[C@@H](O)Cc2ccccc2)CCO1)C(=O)c1ccccc1. The summed E-state index contributed by atoms with van der Waals surface area (Å²) in [6.07, 6.45) is 0.187. The van der Waals surface area contributed by atoms with Gasteiger partial charge in [0.25, 0.3) is 5.91 Å². The lowest BCUT2D eigenvalue weighted by Gasteiger charge is -2.37. The fourth-order valence-corrected chi connectivity index (χ4v) is 4.00.